The number of carboxylic acid groups (broad SMARTS) is 1. The molecule has 1 aromatic carbocycles. The summed E-state index contributed by atoms with van der Waals surface area (Å²) in [6.45, 7) is 2.03. The van der Waals surface area contributed by atoms with Crippen LogP contribution >= 0.6 is 8.24 Å². The quantitative estimate of drug-likeness (QED) is 0.558. The Kier molecular flexibility index (Phi) is 7.79. The Balaban J connectivity index is 0.00000169. The predicted octanol–water partition coefficient (Wildman–Crippen LogP) is -1.83. The molecule has 0 saturated carbocycles. The number of rotatable bonds is 3. The van der Waals surface area contributed by atoms with E-state index in [1.807, 2.05) is 13.0 Å². The van der Waals surface area contributed by atoms with Gasteiger partial charge in [-0.2, -0.15) is 0 Å². The van der Waals surface area contributed by atoms with Gasteiger partial charge < -0.3 is 0 Å². The van der Waals surface area contributed by atoms with Crippen molar-refractivity contribution in [2.24, 2.45) is 0 Å². The van der Waals surface area contributed by atoms with E-state index in [2.05, 4.69) is 0 Å². The third kappa shape index (κ3) is 3.52. The van der Waals surface area contributed by atoms with Crippen LogP contribution in [-0.2, 0) is 31.0 Å². The van der Waals surface area contributed by atoms with Gasteiger partial charge in [0.25, 0.3) is 0 Å². The zero-order valence-electron chi connectivity index (χ0n) is 8.37. The first-order chi connectivity index (χ1) is 6.20. The van der Waals surface area contributed by atoms with Crippen molar-refractivity contribution in [2.75, 3.05) is 0 Å². The van der Waals surface area contributed by atoms with E-state index in [9.17, 15) is 9.90 Å². The molecule has 0 aromatic heterocycles. The third-order valence-corrected chi connectivity index (χ3v) is 5.98. The molecule has 14 heavy (non-hydrogen) atoms. The molecule has 0 heterocycles. The molecule has 0 saturated heterocycles. The molecule has 0 bridgehead atoms. The Morgan fingerprint density at radius 2 is 2.21 bits per heavy atom. The largest absolute Gasteiger partial charge is 1.00 e. The van der Waals surface area contributed by atoms with Crippen molar-refractivity contribution in [2.45, 2.75) is 18.2 Å². The molecular weight excluding hydrogens is 396 g/mol. The number of aromatic carboxylic acids is 1. The number of hydrogen-bond acceptors (Lipinski definition) is 3. The first-order valence-electron chi connectivity index (χ1n) is 3.96. The van der Waals surface area contributed by atoms with Crippen LogP contribution in [0.5, 0.6) is 0 Å². The molecule has 0 fully saturated rings. The summed E-state index contributed by atoms with van der Waals surface area (Å²) in [5, 5.41) is 10.7. The smallest absolute Gasteiger partial charge is 1.00 e. The van der Waals surface area contributed by atoms with Crippen LogP contribution in [0.3, 0.4) is 0 Å². The predicted molar refractivity (Wildman–Crippen MR) is 46.0 cm³/mol. The number of carbonyl (C=O) groups is 1. The van der Waals surface area contributed by atoms with Crippen molar-refractivity contribution in [3.8, 4) is 0 Å². The average molecular weight is 404 g/mol. The van der Waals surface area contributed by atoms with E-state index in [1.165, 1.54) is 0 Å². The van der Waals surface area contributed by atoms with Crippen LogP contribution in [0.15, 0.2) is 23.1 Å². The van der Waals surface area contributed by atoms with Gasteiger partial charge in [0.15, 0.2) is 0 Å². The van der Waals surface area contributed by atoms with Crippen molar-refractivity contribution in [1.29, 1.82) is 0 Å². The topological polar surface area (TPSA) is 40.1 Å². The molecule has 65 valence electrons. The van der Waals surface area contributed by atoms with Gasteiger partial charge in [0.05, 0.1) is 0 Å². The Morgan fingerprint density at radius 3 is 2.64 bits per heavy atom. The van der Waals surface area contributed by atoms with Crippen molar-refractivity contribution in [3.05, 3.63) is 29.3 Å². The summed E-state index contributed by atoms with van der Waals surface area (Å²) in [6.07, 6.45) is 0.876. The molecule has 0 amide bonds. The second-order valence-electron chi connectivity index (χ2n) is 2.58. The summed E-state index contributed by atoms with van der Waals surface area (Å²) in [5.74, 6) is -1.07. The van der Waals surface area contributed by atoms with Gasteiger partial charge in [-0.15, -0.1) is 0 Å². The average Bonchev–Trinajstić information content (AvgIpc) is 2.16. The summed E-state index contributed by atoms with van der Waals surface area (Å²) < 4.78 is 0. The Morgan fingerprint density at radius 1 is 1.57 bits per heavy atom. The maximum atomic E-state index is 10.7. The Hall–Kier alpha value is 0.975. The van der Waals surface area contributed by atoms with Gasteiger partial charge in [0.1, 0.15) is 0 Å². The zero-order valence-corrected chi connectivity index (χ0v) is 16.7. The van der Waals surface area contributed by atoms with E-state index in [1.54, 1.807) is 20.4 Å². The summed E-state index contributed by atoms with van der Waals surface area (Å²) in [6, 6.07) is 5.36. The van der Waals surface area contributed by atoms with Crippen LogP contribution in [0.4, 0.5) is 0 Å². The number of carboxylic acids is 1. The molecule has 0 N–H and O–H groups in total. The van der Waals surface area contributed by atoms with Crippen molar-refractivity contribution in [3.63, 3.8) is 0 Å². The summed E-state index contributed by atoms with van der Waals surface area (Å²) in [5.41, 5.74) is 1.46. The van der Waals surface area contributed by atoms with Crippen LogP contribution in [0.25, 0.3) is 0 Å². The molecule has 0 unspecified atom stereocenters. The van der Waals surface area contributed by atoms with Gasteiger partial charge in [-0.1, -0.05) is 0 Å². The first kappa shape index (κ1) is 15.0. The summed E-state index contributed by atoms with van der Waals surface area (Å²) in [7, 11) is 1.65. The van der Waals surface area contributed by atoms with Crippen LogP contribution < -0.4 is 34.7 Å². The van der Waals surface area contributed by atoms with E-state index in [0.717, 1.165) is 16.9 Å². The number of aryl methyl sites for hydroxylation is 1. The normalized spacial score (nSPS) is 9.36. The third-order valence-electron chi connectivity index (χ3n) is 1.84. The van der Waals surface area contributed by atoms with Crippen molar-refractivity contribution in [1.82, 2.24) is 0 Å². The van der Waals surface area contributed by atoms with Crippen LogP contribution in [0.2, 0.25) is 0 Å². The Bertz CT molecular complexity index is 331. The molecule has 5 heteroatoms. The molecule has 0 radical (unpaired) electrons. The minimum atomic E-state index is -1.07. The summed E-state index contributed by atoms with van der Waals surface area (Å²) >= 11 is 0.509. The van der Waals surface area contributed by atoms with Crippen LogP contribution in [0, 0.1) is 0 Å². The number of hydrogen-bond donors (Lipinski definition) is 0. The molecular formula is C9H8HgNaO2S. The van der Waals surface area contributed by atoms with Crippen molar-refractivity contribution >= 4 is 14.2 Å². The minimum absolute atomic E-state index is 0. The second kappa shape index (κ2) is 7.28. The van der Waals surface area contributed by atoms with Gasteiger partial charge in [0.2, 0.25) is 0 Å². The first-order valence-corrected chi connectivity index (χ1v) is 11.7. The van der Waals surface area contributed by atoms with Crippen molar-refractivity contribution < 1.29 is 64.1 Å². The maximum Gasteiger partial charge on any atom is 1.00 e. The zero-order chi connectivity index (χ0) is 9.84. The van der Waals surface area contributed by atoms with E-state index < -0.39 is 5.97 Å². The van der Waals surface area contributed by atoms with Gasteiger partial charge >= 0.3 is 126 Å². The fourth-order valence-corrected chi connectivity index (χ4v) is 5.87. The van der Waals surface area contributed by atoms with Gasteiger partial charge in [-0.25, -0.2) is 0 Å². The number of benzene rings is 1. The molecule has 0 aliphatic rings. The molecule has 0 aliphatic carbocycles. The van der Waals surface area contributed by atoms with Crippen LogP contribution in [-0.4, -0.2) is 5.97 Å². The molecule has 0 aliphatic heterocycles. The van der Waals surface area contributed by atoms with Gasteiger partial charge in [0, 0.05) is 0 Å². The Labute approximate surface area is 124 Å². The van der Waals surface area contributed by atoms with E-state index in [0.29, 0.717) is 30.2 Å². The minimum Gasteiger partial charge on any atom is 1.00 e. The molecule has 0 atom stereocenters. The van der Waals surface area contributed by atoms with Crippen LogP contribution in [0.1, 0.15) is 22.8 Å². The molecule has 1 aromatic rings. The van der Waals surface area contributed by atoms with Gasteiger partial charge in [-0.3, -0.25) is 0 Å². The van der Waals surface area contributed by atoms with Gasteiger partial charge in [-0.05, 0) is 0 Å². The standard InChI is InChI=1S/C9H10O2S.Hg.Na/c1-2-6-4-3-5-7(8(6)12)9(10)11;;/h3-5,12H,2H2,1H3,(H,10,11);;/q;2*+1/p-2. The fraction of sp³-hybridized carbons (Fsp3) is 0.222. The molecule has 1 rings (SSSR count). The number of carbonyl (C=O) groups excluding carboxylic acids is 1. The monoisotopic (exact) mass is 405 g/mol. The fourth-order valence-electron chi connectivity index (χ4n) is 1.19. The summed E-state index contributed by atoms with van der Waals surface area (Å²) in [4.78, 5) is 11.7. The SMILES string of the molecule is CCc1cccc(C(=O)[O-])c1[S][Hg].[Na+]. The molecule has 2 nitrogen and oxygen atoms in total. The maximum absolute atomic E-state index is 10.7. The van der Waals surface area contributed by atoms with E-state index >= 15 is 0 Å². The van der Waals surface area contributed by atoms with E-state index in [4.69, 9.17) is 0 Å². The van der Waals surface area contributed by atoms with E-state index in [-0.39, 0.29) is 29.6 Å². The molecule has 0 spiro atoms. The second-order valence-corrected chi connectivity index (χ2v) is 6.64.